The van der Waals surface area contributed by atoms with Crippen molar-refractivity contribution in [3.8, 4) is 11.4 Å². The smallest absolute Gasteiger partial charge is 0.726 e. The van der Waals surface area contributed by atoms with E-state index in [9.17, 15) is 5.11 Å². The Morgan fingerprint density at radius 1 is 1.12 bits per heavy atom. The van der Waals surface area contributed by atoms with Crippen molar-refractivity contribution in [3.05, 3.63) is 48.0 Å². The van der Waals surface area contributed by atoms with Crippen molar-refractivity contribution in [2.75, 3.05) is 0 Å². The first-order chi connectivity index (χ1) is 11.7. The third kappa shape index (κ3) is 6.04. The Hall–Kier alpha value is -1.49. The maximum Gasteiger partial charge on any atom is 1.00 e. The van der Waals surface area contributed by atoms with Crippen LogP contribution in [-0.2, 0) is 10.4 Å². The van der Waals surface area contributed by atoms with E-state index in [0.717, 1.165) is 23.0 Å². The van der Waals surface area contributed by atoms with Crippen molar-refractivity contribution >= 4 is 21.4 Å². The minimum absolute atomic E-state index is 0. The molecule has 0 amide bonds. The summed E-state index contributed by atoms with van der Waals surface area (Å²) in [6, 6.07) is 13.4. The van der Waals surface area contributed by atoms with Gasteiger partial charge in [-0.05, 0) is 36.1 Å². The van der Waals surface area contributed by atoms with Gasteiger partial charge in [0.25, 0.3) is 0 Å². The van der Waals surface area contributed by atoms with Crippen LogP contribution in [0.1, 0.15) is 31.7 Å². The Balaban J connectivity index is 0.000000501. The van der Waals surface area contributed by atoms with Crippen molar-refractivity contribution in [1.29, 1.82) is 0 Å². The molecular weight excluding hydrogens is 369 g/mol. The van der Waals surface area contributed by atoms with Crippen LogP contribution in [0.4, 0.5) is 0 Å². The molecule has 10 heteroatoms. The van der Waals surface area contributed by atoms with Crippen LogP contribution in [0.2, 0.25) is 0 Å². The second-order valence-electron chi connectivity index (χ2n) is 5.43. The van der Waals surface area contributed by atoms with Crippen molar-refractivity contribution < 1.29 is 52.2 Å². The average Bonchev–Trinajstić information content (AvgIpc) is 2.96. The van der Waals surface area contributed by atoms with Crippen LogP contribution < -0.4 is 29.6 Å². The van der Waals surface area contributed by atoms with Gasteiger partial charge in [-0.2, -0.15) is 0 Å². The monoisotopic (exact) mass is 387 g/mol. The summed E-state index contributed by atoms with van der Waals surface area (Å²) in [5.41, 5.74) is 3.20. The van der Waals surface area contributed by atoms with Gasteiger partial charge in [0, 0.05) is 0 Å². The largest absolute Gasteiger partial charge is 1.00 e. The molecule has 1 aromatic heterocycles. The molecular formula is C16H18N3NaO5S. The van der Waals surface area contributed by atoms with Crippen LogP contribution in [0, 0.1) is 0 Å². The molecule has 1 unspecified atom stereocenters. The number of phenols is 1. The van der Waals surface area contributed by atoms with Gasteiger partial charge in [-0.1, -0.05) is 38.1 Å². The molecule has 0 aliphatic carbocycles. The Morgan fingerprint density at radius 2 is 1.62 bits per heavy atom. The molecule has 0 bridgehead atoms. The number of hydrogen-bond donors (Lipinski definition) is 2. The topological polar surface area (TPSA) is 128 Å². The quantitative estimate of drug-likeness (QED) is 0.357. The number of phenolic OH excluding ortho intramolecular Hbond substituents is 1. The number of rotatable bonds is 3. The number of para-hydroxylation sites is 1. The molecule has 0 aliphatic rings. The zero-order chi connectivity index (χ0) is 18.6. The molecule has 3 aromatic rings. The van der Waals surface area contributed by atoms with Crippen molar-refractivity contribution in [2.24, 2.45) is 0 Å². The molecule has 2 aromatic carbocycles. The van der Waals surface area contributed by atoms with Crippen LogP contribution in [0.15, 0.2) is 42.5 Å². The fourth-order valence-corrected chi connectivity index (χ4v) is 2.30. The normalized spacial score (nSPS) is 12.0. The number of fused-ring (bicyclic) bond motifs is 1. The molecule has 0 fully saturated rings. The second kappa shape index (κ2) is 9.45. The molecule has 0 aliphatic heterocycles. The zero-order valence-electron chi connectivity index (χ0n) is 14.7. The van der Waals surface area contributed by atoms with Gasteiger partial charge in [0.15, 0.2) is 0 Å². The van der Waals surface area contributed by atoms with E-state index in [1.807, 2.05) is 42.5 Å². The van der Waals surface area contributed by atoms with E-state index >= 15 is 0 Å². The Bertz CT molecular complexity index is 934. The number of benzene rings is 2. The van der Waals surface area contributed by atoms with E-state index < -0.39 is 10.4 Å². The van der Waals surface area contributed by atoms with Crippen LogP contribution in [0.5, 0.6) is 5.75 Å². The van der Waals surface area contributed by atoms with Crippen LogP contribution in [0.3, 0.4) is 0 Å². The summed E-state index contributed by atoms with van der Waals surface area (Å²) in [5, 5.41) is 19.3. The first kappa shape index (κ1) is 22.6. The molecule has 8 nitrogen and oxygen atoms in total. The minimum Gasteiger partial charge on any atom is -0.726 e. The first-order valence-corrected chi connectivity index (χ1v) is 8.89. The van der Waals surface area contributed by atoms with E-state index in [1.165, 1.54) is 4.80 Å². The summed E-state index contributed by atoms with van der Waals surface area (Å²) in [5.74, 6) is 0.571. The molecule has 2 N–H and O–H groups in total. The second-order valence-corrected chi connectivity index (χ2v) is 6.29. The van der Waals surface area contributed by atoms with Gasteiger partial charge in [-0.25, -0.2) is 8.42 Å². The maximum atomic E-state index is 10.5. The summed E-state index contributed by atoms with van der Waals surface area (Å²) in [7, 11) is -4.92. The molecule has 0 saturated carbocycles. The number of hydrogen-bond acceptors (Lipinski definition) is 6. The number of nitrogens with zero attached hydrogens (tertiary/aromatic N) is 3. The van der Waals surface area contributed by atoms with E-state index in [-0.39, 0.29) is 35.3 Å². The summed E-state index contributed by atoms with van der Waals surface area (Å²) in [4.78, 5) is 1.51. The number of aromatic nitrogens is 3. The Kier molecular flexibility index (Phi) is 8.19. The number of aromatic hydroxyl groups is 1. The van der Waals surface area contributed by atoms with Gasteiger partial charge in [0.05, 0.1) is 0 Å². The van der Waals surface area contributed by atoms with E-state index in [0.29, 0.717) is 11.6 Å². The summed E-state index contributed by atoms with van der Waals surface area (Å²) in [6.45, 7) is 4.21. The van der Waals surface area contributed by atoms with E-state index in [4.69, 9.17) is 17.5 Å². The van der Waals surface area contributed by atoms with Gasteiger partial charge in [0.1, 0.15) is 22.5 Å². The fourth-order valence-electron chi connectivity index (χ4n) is 2.30. The van der Waals surface area contributed by atoms with Gasteiger partial charge in [0.2, 0.25) is 10.4 Å². The van der Waals surface area contributed by atoms with E-state index in [2.05, 4.69) is 24.0 Å². The van der Waals surface area contributed by atoms with Crippen LogP contribution in [-0.4, -0.2) is 37.6 Å². The fraction of sp³-hybridized carbons (Fsp3) is 0.250. The molecule has 0 saturated heterocycles. The summed E-state index contributed by atoms with van der Waals surface area (Å²) >= 11 is 0. The summed E-state index contributed by atoms with van der Waals surface area (Å²) < 4.78 is 32.8. The minimum atomic E-state index is -4.92. The Morgan fingerprint density at radius 3 is 2.08 bits per heavy atom. The van der Waals surface area contributed by atoms with Gasteiger partial charge < -0.3 is 9.66 Å². The first-order valence-electron chi connectivity index (χ1n) is 7.53. The van der Waals surface area contributed by atoms with E-state index in [1.54, 1.807) is 0 Å². The van der Waals surface area contributed by atoms with Crippen molar-refractivity contribution in [2.45, 2.75) is 26.2 Å². The summed E-state index contributed by atoms with van der Waals surface area (Å²) in [6.07, 6.45) is 0.978. The standard InChI is InChI=1S/C16H17N3O.Na.H2O4S/c1-3-11(2)12-7-6-10-15(16(12)20)19-17-13-8-4-5-9-14(13)18-19;;1-5(2,3)4/h4-11,20H,3H2,1-2H3;;(H2,1,2,3,4)/q;+1;/p-1. The predicted molar refractivity (Wildman–Crippen MR) is 91.6 cm³/mol. The molecule has 1 atom stereocenters. The zero-order valence-corrected chi connectivity index (χ0v) is 17.5. The van der Waals surface area contributed by atoms with Crippen molar-refractivity contribution in [3.63, 3.8) is 0 Å². The molecule has 26 heavy (non-hydrogen) atoms. The molecule has 0 spiro atoms. The van der Waals surface area contributed by atoms with Gasteiger partial charge >= 0.3 is 29.6 Å². The average molecular weight is 387 g/mol. The predicted octanol–water partition coefficient (Wildman–Crippen LogP) is -0.352. The Labute approximate surface area is 173 Å². The van der Waals surface area contributed by atoms with Crippen LogP contribution in [0.25, 0.3) is 16.7 Å². The molecule has 134 valence electrons. The van der Waals surface area contributed by atoms with Crippen LogP contribution >= 0.6 is 0 Å². The molecule has 3 rings (SSSR count). The third-order valence-corrected chi connectivity index (χ3v) is 3.69. The van der Waals surface area contributed by atoms with Gasteiger partial charge in [-0.3, -0.25) is 4.55 Å². The SMILES string of the molecule is CCC(C)c1cccc(-n2nc3ccccc3n2)c1O.O=S(=O)([O-])O.[Na+]. The van der Waals surface area contributed by atoms with Gasteiger partial charge in [-0.15, -0.1) is 15.0 Å². The third-order valence-electron chi connectivity index (χ3n) is 3.69. The van der Waals surface area contributed by atoms with Crippen molar-refractivity contribution in [1.82, 2.24) is 15.0 Å². The molecule has 0 radical (unpaired) electrons. The maximum absolute atomic E-state index is 10.5. The molecule has 1 heterocycles.